The third-order valence-electron chi connectivity index (χ3n) is 6.60. The summed E-state index contributed by atoms with van der Waals surface area (Å²) in [6.45, 7) is 6.64. The maximum atomic E-state index is 12.7. The monoisotopic (exact) mass is 449 g/mol. The van der Waals surface area contributed by atoms with E-state index < -0.39 is 0 Å². The number of nitrogens with one attached hydrogen (secondary N) is 1. The van der Waals surface area contributed by atoms with Crippen molar-refractivity contribution in [2.45, 2.75) is 32.8 Å². The lowest BCUT2D eigenvalue weighted by Crippen LogP contribution is -2.49. The van der Waals surface area contributed by atoms with Crippen LogP contribution in [0.5, 0.6) is 0 Å². The Morgan fingerprint density at radius 1 is 1.15 bits per heavy atom. The van der Waals surface area contributed by atoms with E-state index in [2.05, 4.69) is 17.9 Å². The highest BCUT2D eigenvalue weighted by Gasteiger charge is 2.25. The van der Waals surface area contributed by atoms with Crippen LogP contribution in [0.15, 0.2) is 36.4 Å². The molecule has 2 aromatic rings. The van der Waals surface area contributed by atoms with Gasteiger partial charge in [0.2, 0.25) is 5.91 Å². The highest BCUT2D eigenvalue weighted by molar-refractivity contribution is 5.94. The SMILES string of the molecule is CCc1c(CCN2CCN(C(=O)Cc3ccc(N(N)C=N)cc3)CC2)ccc2c1COC2=O. The average molecular weight is 450 g/mol. The van der Waals surface area contributed by atoms with Crippen LogP contribution in [0.3, 0.4) is 0 Å². The minimum Gasteiger partial charge on any atom is -0.457 e. The van der Waals surface area contributed by atoms with Crippen molar-refractivity contribution in [1.82, 2.24) is 9.80 Å². The van der Waals surface area contributed by atoms with E-state index in [4.69, 9.17) is 16.0 Å². The first-order valence-corrected chi connectivity index (χ1v) is 11.4. The van der Waals surface area contributed by atoms with E-state index in [1.165, 1.54) is 16.1 Å². The van der Waals surface area contributed by atoms with Crippen LogP contribution in [-0.2, 0) is 35.4 Å². The summed E-state index contributed by atoms with van der Waals surface area (Å²) < 4.78 is 5.21. The zero-order valence-corrected chi connectivity index (χ0v) is 19.0. The maximum Gasteiger partial charge on any atom is 0.338 e. The van der Waals surface area contributed by atoms with Gasteiger partial charge in [-0.3, -0.25) is 20.1 Å². The van der Waals surface area contributed by atoms with Crippen LogP contribution in [0.1, 0.15) is 39.5 Å². The lowest BCUT2D eigenvalue weighted by atomic mass is 9.94. The molecule has 0 aromatic heterocycles. The Bertz CT molecular complexity index is 1030. The van der Waals surface area contributed by atoms with E-state index in [1.807, 2.05) is 35.2 Å². The Balaban J connectivity index is 1.27. The fourth-order valence-corrected chi connectivity index (χ4v) is 4.63. The molecule has 0 saturated carbocycles. The Morgan fingerprint density at radius 2 is 1.88 bits per heavy atom. The first kappa shape index (κ1) is 22.9. The summed E-state index contributed by atoms with van der Waals surface area (Å²) in [5.74, 6) is 5.60. The van der Waals surface area contributed by atoms with Crippen molar-refractivity contribution in [3.63, 3.8) is 0 Å². The molecule has 0 unspecified atom stereocenters. The van der Waals surface area contributed by atoms with Crippen LogP contribution >= 0.6 is 0 Å². The molecule has 0 aliphatic carbocycles. The van der Waals surface area contributed by atoms with E-state index >= 15 is 0 Å². The fraction of sp³-hybridized carbons (Fsp3) is 0.400. The van der Waals surface area contributed by atoms with Gasteiger partial charge in [0.15, 0.2) is 0 Å². The average Bonchev–Trinajstić information content (AvgIpc) is 3.23. The van der Waals surface area contributed by atoms with Gasteiger partial charge in [0.1, 0.15) is 12.9 Å². The minimum atomic E-state index is -0.212. The number of anilines is 1. The molecule has 174 valence electrons. The first-order valence-electron chi connectivity index (χ1n) is 11.4. The number of carbonyl (C=O) groups excluding carboxylic acids is 2. The number of hydrogen-bond acceptors (Lipinski definition) is 6. The summed E-state index contributed by atoms with van der Waals surface area (Å²) in [4.78, 5) is 28.9. The van der Waals surface area contributed by atoms with Crippen LogP contribution in [0.2, 0.25) is 0 Å². The zero-order valence-electron chi connectivity index (χ0n) is 19.0. The van der Waals surface area contributed by atoms with Gasteiger partial charge in [0.05, 0.1) is 17.7 Å². The molecule has 1 fully saturated rings. The third kappa shape index (κ3) is 5.07. The van der Waals surface area contributed by atoms with E-state index in [-0.39, 0.29) is 11.9 Å². The number of piperazine rings is 1. The normalized spacial score (nSPS) is 15.8. The highest BCUT2D eigenvalue weighted by atomic mass is 16.5. The number of ether oxygens (including phenoxy) is 1. The number of amides is 1. The molecule has 33 heavy (non-hydrogen) atoms. The van der Waals surface area contributed by atoms with Crippen molar-refractivity contribution in [3.05, 3.63) is 64.2 Å². The Labute approximate surface area is 194 Å². The van der Waals surface area contributed by atoms with Crippen LogP contribution in [0.4, 0.5) is 5.69 Å². The van der Waals surface area contributed by atoms with Crippen LogP contribution in [0, 0.1) is 5.41 Å². The summed E-state index contributed by atoms with van der Waals surface area (Å²) in [5, 5.41) is 8.42. The van der Waals surface area contributed by atoms with Crippen molar-refractivity contribution >= 4 is 23.9 Å². The predicted molar refractivity (Wildman–Crippen MR) is 127 cm³/mol. The van der Waals surface area contributed by atoms with Crippen molar-refractivity contribution in [1.29, 1.82) is 5.41 Å². The standard InChI is InChI=1S/C25H31N5O3/c1-2-21-19(5-8-22-23(21)16-33-25(22)32)9-10-28-11-13-29(14-12-28)24(31)15-18-3-6-20(7-4-18)30(27)17-26/h3-8,17,26H,2,9-16,27H2,1H3. The maximum absolute atomic E-state index is 12.7. The molecule has 1 saturated heterocycles. The van der Waals surface area contributed by atoms with E-state index in [9.17, 15) is 9.59 Å². The molecular formula is C25H31N5O3. The molecule has 0 bridgehead atoms. The predicted octanol–water partition coefficient (Wildman–Crippen LogP) is 2.14. The molecule has 1 amide bonds. The minimum absolute atomic E-state index is 0.135. The van der Waals surface area contributed by atoms with E-state index in [0.29, 0.717) is 24.3 Å². The summed E-state index contributed by atoms with van der Waals surface area (Å²) in [6, 6.07) is 11.4. The molecule has 0 radical (unpaired) electrons. The second-order valence-electron chi connectivity index (χ2n) is 8.51. The molecule has 8 heteroatoms. The Hall–Kier alpha value is -3.23. The van der Waals surface area contributed by atoms with Crippen molar-refractivity contribution in [2.75, 3.05) is 37.7 Å². The number of nitrogens with zero attached hydrogens (tertiary/aromatic N) is 3. The van der Waals surface area contributed by atoms with Crippen LogP contribution in [-0.4, -0.2) is 60.7 Å². The number of esters is 1. The first-order chi connectivity index (χ1) is 16.0. The molecule has 2 aliphatic rings. The number of nitrogens with two attached hydrogens (primary N) is 1. The number of fused-ring (bicyclic) bond motifs is 1. The van der Waals surface area contributed by atoms with Crippen LogP contribution < -0.4 is 10.9 Å². The Morgan fingerprint density at radius 3 is 2.55 bits per heavy atom. The molecule has 2 aliphatic heterocycles. The molecule has 4 rings (SSSR count). The lowest BCUT2D eigenvalue weighted by Gasteiger charge is -2.35. The lowest BCUT2D eigenvalue weighted by molar-refractivity contribution is -0.132. The molecule has 3 N–H and O–H groups in total. The van der Waals surface area contributed by atoms with Crippen LogP contribution in [0.25, 0.3) is 0 Å². The van der Waals surface area contributed by atoms with Gasteiger partial charge in [-0.15, -0.1) is 0 Å². The third-order valence-corrected chi connectivity index (χ3v) is 6.60. The summed E-state index contributed by atoms with van der Waals surface area (Å²) in [7, 11) is 0. The second-order valence-corrected chi connectivity index (χ2v) is 8.51. The van der Waals surface area contributed by atoms with Gasteiger partial charge in [0.25, 0.3) is 0 Å². The molecule has 0 atom stereocenters. The smallest absolute Gasteiger partial charge is 0.338 e. The molecule has 0 spiro atoms. The number of carbonyl (C=O) groups is 2. The van der Waals surface area contributed by atoms with Crippen molar-refractivity contribution < 1.29 is 14.3 Å². The van der Waals surface area contributed by atoms with Crippen molar-refractivity contribution in [3.8, 4) is 0 Å². The summed E-state index contributed by atoms with van der Waals surface area (Å²) >= 11 is 0. The number of hydrazine groups is 1. The number of benzene rings is 2. The molecular weight excluding hydrogens is 418 g/mol. The largest absolute Gasteiger partial charge is 0.457 e. The van der Waals surface area contributed by atoms with E-state index in [1.54, 1.807) is 0 Å². The fourth-order valence-electron chi connectivity index (χ4n) is 4.63. The van der Waals surface area contributed by atoms with Gasteiger partial charge in [-0.2, -0.15) is 0 Å². The number of cyclic esters (lactones) is 1. The topological polar surface area (TPSA) is 103 Å². The van der Waals surface area contributed by atoms with Gasteiger partial charge in [0, 0.05) is 38.3 Å². The quantitative estimate of drug-likeness (QED) is 0.210. The highest BCUT2D eigenvalue weighted by Crippen LogP contribution is 2.27. The number of hydrogen-bond donors (Lipinski definition) is 2. The van der Waals surface area contributed by atoms with Gasteiger partial charge in [-0.1, -0.05) is 25.1 Å². The summed E-state index contributed by atoms with van der Waals surface area (Å²) in [5.41, 5.74) is 5.96. The molecule has 2 aromatic carbocycles. The second kappa shape index (κ2) is 10.1. The Kier molecular flexibility index (Phi) is 7.05. The van der Waals surface area contributed by atoms with Crippen molar-refractivity contribution in [2.24, 2.45) is 5.84 Å². The summed E-state index contributed by atoms with van der Waals surface area (Å²) in [6.07, 6.45) is 3.23. The van der Waals surface area contributed by atoms with Gasteiger partial charge in [-0.05, 0) is 47.7 Å². The molecule has 8 nitrogen and oxygen atoms in total. The van der Waals surface area contributed by atoms with E-state index in [0.717, 1.165) is 63.0 Å². The van der Waals surface area contributed by atoms with Gasteiger partial charge >= 0.3 is 5.97 Å². The number of rotatable bonds is 8. The molecule has 2 heterocycles. The van der Waals surface area contributed by atoms with Gasteiger partial charge < -0.3 is 9.64 Å². The van der Waals surface area contributed by atoms with Gasteiger partial charge in [-0.25, -0.2) is 10.6 Å². The zero-order chi connectivity index (χ0) is 23.4.